The Morgan fingerprint density at radius 2 is 1.97 bits per heavy atom. The minimum absolute atomic E-state index is 0.241. The van der Waals surface area contributed by atoms with Crippen LogP contribution in [0.25, 0.3) is 0 Å². The SMILES string of the molecule is COc1ccc(N2C(=O)C3C=CC=CC3=[N+](CC(=O)Nc3cc(C)on3)C2=O)cc1OC. The van der Waals surface area contributed by atoms with E-state index in [0.29, 0.717) is 28.7 Å². The highest BCUT2D eigenvalue weighted by atomic mass is 16.5. The number of amides is 4. The third kappa shape index (κ3) is 3.78. The number of hydrogen-bond donors (Lipinski definition) is 1. The van der Waals surface area contributed by atoms with Crippen LogP contribution in [0.5, 0.6) is 11.5 Å². The van der Waals surface area contributed by atoms with Crippen molar-refractivity contribution in [1.82, 2.24) is 5.16 Å². The summed E-state index contributed by atoms with van der Waals surface area (Å²) in [5.74, 6) is -0.0260. The van der Waals surface area contributed by atoms with Gasteiger partial charge in [0.25, 0.3) is 5.91 Å². The fourth-order valence-electron chi connectivity index (χ4n) is 3.57. The molecule has 0 saturated carbocycles. The molecule has 0 spiro atoms. The number of methoxy groups -OCH3 is 2. The molecule has 1 aliphatic carbocycles. The molecule has 1 N–H and O–H groups in total. The molecule has 0 fully saturated rings. The molecule has 4 amide bonds. The monoisotopic (exact) mass is 437 g/mol. The van der Waals surface area contributed by atoms with Crippen molar-refractivity contribution in [3.8, 4) is 11.5 Å². The van der Waals surface area contributed by atoms with Gasteiger partial charge < -0.3 is 19.3 Å². The Morgan fingerprint density at radius 1 is 1.19 bits per heavy atom. The molecule has 0 saturated heterocycles. The van der Waals surface area contributed by atoms with Crippen LogP contribution in [-0.2, 0) is 9.59 Å². The summed E-state index contributed by atoms with van der Waals surface area (Å²) in [6, 6.07) is 5.64. The Bertz CT molecular complexity index is 1190. The van der Waals surface area contributed by atoms with E-state index >= 15 is 0 Å². The first kappa shape index (κ1) is 21.0. The smallest absolute Gasteiger partial charge is 0.493 e. The maximum atomic E-state index is 13.4. The topological polar surface area (TPSA) is 114 Å². The quantitative estimate of drug-likeness (QED) is 0.690. The molecule has 2 heterocycles. The van der Waals surface area contributed by atoms with Gasteiger partial charge in [0.15, 0.2) is 23.9 Å². The maximum absolute atomic E-state index is 13.4. The van der Waals surface area contributed by atoms with Crippen molar-refractivity contribution in [2.45, 2.75) is 6.92 Å². The number of urea groups is 1. The summed E-state index contributed by atoms with van der Waals surface area (Å²) < 4.78 is 16.8. The number of benzene rings is 1. The maximum Gasteiger partial charge on any atom is 0.506 e. The van der Waals surface area contributed by atoms with Crippen molar-refractivity contribution in [2.24, 2.45) is 5.92 Å². The summed E-state index contributed by atoms with van der Waals surface area (Å²) in [6.07, 6.45) is 6.78. The number of anilines is 2. The number of aromatic nitrogens is 1. The van der Waals surface area contributed by atoms with Gasteiger partial charge in [-0.25, -0.2) is 4.79 Å². The third-order valence-corrected chi connectivity index (χ3v) is 5.04. The Balaban J connectivity index is 1.70. The van der Waals surface area contributed by atoms with Gasteiger partial charge >= 0.3 is 11.9 Å². The molecular formula is C22H21N4O6+. The highest BCUT2D eigenvalue weighted by Crippen LogP contribution is 2.34. The number of rotatable bonds is 6. The highest BCUT2D eigenvalue weighted by Gasteiger charge is 2.48. The van der Waals surface area contributed by atoms with Gasteiger partial charge in [0.1, 0.15) is 23.1 Å². The molecule has 2 aliphatic rings. The van der Waals surface area contributed by atoms with Gasteiger partial charge in [0, 0.05) is 12.1 Å². The van der Waals surface area contributed by atoms with Crippen molar-refractivity contribution in [3.63, 3.8) is 0 Å². The molecule has 0 radical (unpaired) electrons. The molecule has 1 unspecified atom stereocenters. The second kappa shape index (κ2) is 8.50. The minimum atomic E-state index is -0.715. The van der Waals surface area contributed by atoms with E-state index in [9.17, 15) is 14.4 Å². The number of nitrogens with one attached hydrogen (secondary N) is 1. The predicted octanol–water partition coefficient (Wildman–Crippen LogP) is 2.30. The average molecular weight is 437 g/mol. The second-order valence-corrected chi connectivity index (χ2v) is 7.10. The lowest BCUT2D eigenvalue weighted by Gasteiger charge is -2.26. The van der Waals surface area contributed by atoms with E-state index in [1.165, 1.54) is 18.8 Å². The molecule has 1 aliphatic heterocycles. The van der Waals surface area contributed by atoms with E-state index in [0.717, 1.165) is 4.90 Å². The molecule has 1 aromatic heterocycles. The zero-order valence-electron chi connectivity index (χ0n) is 17.7. The van der Waals surface area contributed by atoms with Crippen LogP contribution in [0.2, 0.25) is 0 Å². The van der Waals surface area contributed by atoms with E-state index < -0.39 is 23.8 Å². The zero-order chi connectivity index (χ0) is 22.8. The van der Waals surface area contributed by atoms with Crippen LogP contribution >= 0.6 is 0 Å². The fourth-order valence-corrected chi connectivity index (χ4v) is 3.57. The number of carbonyl (C=O) groups excluding carboxylic acids is 3. The van der Waals surface area contributed by atoms with Crippen LogP contribution in [0.1, 0.15) is 5.76 Å². The number of nitrogens with zero attached hydrogens (tertiary/aromatic N) is 3. The van der Waals surface area contributed by atoms with Crippen molar-refractivity contribution >= 4 is 35.1 Å². The molecule has 32 heavy (non-hydrogen) atoms. The van der Waals surface area contributed by atoms with Gasteiger partial charge in [-0.1, -0.05) is 23.4 Å². The van der Waals surface area contributed by atoms with Crippen LogP contribution in [0.3, 0.4) is 0 Å². The molecular weight excluding hydrogens is 416 g/mol. The summed E-state index contributed by atoms with van der Waals surface area (Å²) in [7, 11) is 2.95. The first-order valence-electron chi connectivity index (χ1n) is 9.75. The number of hydrogen-bond acceptors (Lipinski definition) is 7. The largest absolute Gasteiger partial charge is 0.506 e. The summed E-state index contributed by atoms with van der Waals surface area (Å²) in [5.41, 5.74) is 0.725. The number of ether oxygens (including phenoxy) is 2. The Morgan fingerprint density at radius 3 is 2.66 bits per heavy atom. The number of carbonyl (C=O) groups is 3. The molecule has 164 valence electrons. The van der Waals surface area contributed by atoms with Crippen LogP contribution < -0.4 is 19.7 Å². The molecule has 10 nitrogen and oxygen atoms in total. The van der Waals surface area contributed by atoms with Crippen LogP contribution in [0, 0.1) is 12.8 Å². The molecule has 2 aromatic rings. The van der Waals surface area contributed by atoms with Gasteiger partial charge in [-0.3, -0.25) is 4.79 Å². The van der Waals surface area contributed by atoms with Gasteiger partial charge in [-0.15, -0.1) is 4.90 Å². The van der Waals surface area contributed by atoms with Crippen molar-refractivity contribution in [2.75, 3.05) is 31.0 Å². The lowest BCUT2D eigenvalue weighted by molar-refractivity contribution is -0.416. The van der Waals surface area contributed by atoms with Gasteiger partial charge in [0.05, 0.1) is 14.2 Å². The van der Waals surface area contributed by atoms with Gasteiger partial charge in [-0.2, -0.15) is 9.37 Å². The molecule has 1 aromatic carbocycles. The number of imide groups is 1. The number of fused-ring (bicyclic) bond motifs is 1. The van der Waals surface area contributed by atoms with E-state index in [1.54, 1.807) is 55.5 Å². The fraction of sp³-hybridized carbons (Fsp3) is 0.227. The number of aryl methyl sites for hydroxylation is 1. The standard InChI is InChI=1S/C22H20N4O6/c1-13-10-19(24-32-13)23-20(27)12-25-16-7-5-4-6-15(16)21(28)26(22(25)29)14-8-9-17(30-2)18(11-14)31-3/h4-11,15H,12H2,1-3H3/p+1. The lowest BCUT2D eigenvalue weighted by atomic mass is 9.94. The van der Waals surface area contributed by atoms with Crippen LogP contribution in [-0.4, -0.2) is 54.1 Å². The molecule has 0 bridgehead atoms. The van der Waals surface area contributed by atoms with Gasteiger partial charge in [0.2, 0.25) is 0 Å². The Hall–Kier alpha value is -4.21. The van der Waals surface area contributed by atoms with E-state index in [2.05, 4.69) is 10.5 Å². The summed E-state index contributed by atoms with van der Waals surface area (Å²) in [5, 5.41) is 6.32. The first-order valence-corrected chi connectivity index (χ1v) is 9.75. The van der Waals surface area contributed by atoms with E-state index in [-0.39, 0.29) is 12.4 Å². The van der Waals surface area contributed by atoms with Crippen LogP contribution in [0.15, 0.2) is 53.1 Å². The predicted molar refractivity (Wildman–Crippen MR) is 114 cm³/mol. The van der Waals surface area contributed by atoms with Gasteiger partial charge in [-0.05, 0) is 25.1 Å². The average Bonchev–Trinajstić information content (AvgIpc) is 3.20. The molecule has 10 heteroatoms. The lowest BCUT2D eigenvalue weighted by Crippen LogP contribution is -2.56. The Kier molecular flexibility index (Phi) is 5.59. The minimum Gasteiger partial charge on any atom is -0.493 e. The summed E-state index contributed by atoms with van der Waals surface area (Å²) >= 11 is 0. The summed E-state index contributed by atoms with van der Waals surface area (Å²) in [4.78, 5) is 40.3. The summed E-state index contributed by atoms with van der Waals surface area (Å²) in [6.45, 7) is 1.38. The van der Waals surface area contributed by atoms with Crippen molar-refractivity contribution < 1.29 is 33.0 Å². The molecule has 1 atom stereocenters. The number of allylic oxidation sites excluding steroid dienone is 3. The van der Waals surface area contributed by atoms with E-state index in [4.69, 9.17) is 14.0 Å². The van der Waals surface area contributed by atoms with E-state index in [1.807, 2.05) is 0 Å². The normalized spacial score (nSPS) is 17.5. The molecule has 4 rings (SSSR count). The zero-order valence-corrected chi connectivity index (χ0v) is 17.7. The van der Waals surface area contributed by atoms with Crippen molar-refractivity contribution in [3.05, 3.63) is 54.3 Å². The first-order chi connectivity index (χ1) is 15.4. The third-order valence-electron chi connectivity index (χ3n) is 5.04. The Labute approximate surface area is 183 Å². The van der Waals surface area contributed by atoms with Crippen molar-refractivity contribution in [1.29, 1.82) is 0 Å². The van der Waals surface area contributed by atoms with Crippen LogP contribution in [0.4, 0.5) is 16.3 Å². The second-order valence-electron chi connectivity index (χ2n) is 7.10. The highest BCUT2D eigenvalue weighted by molar-refractivity contribution is 6.26.